The monoisotopic (exact) mass is 496 g/mol. The van der Waals surface area contributed by atoms with E-state index in [1.165, 1.54) is 43.6 Å². The highest BCUT2D eigenvalue weighted by molar-refractivity contribution is 8.03. The number of benzene rings is 3. The minimum atomic E-state index is 0.937. The van der Waals surface area contributed by atoms with E-state index in [-0.39, 0.29) is 0 Å². The number of quaternary nitrogens is 1. The van der Waals surface area contributed by atoms with Gasteiger partial charge >= 0.3 is 0 Å². The van der Waals surface area contributed by atoms with Gasteiger partial charge in [0.25, 0.3) is 5.82 Å². The number of thioether (sulfide) groups is 1. The van der Waals surface area contributed by atoms with Crippen molar-refractivity contribution in [3.05, 3.63) is 95.5 Å². The summed E-state index contributed by atoms with van der Waals surface area (Å²) in [4.78, 5) is 6.14. The lowest BCUT2D eigenvalue weighted by Crippen LogP contribution is -2.46. The van der Waals surface area contributed by atoms with E-state index in [1.807, 2.05) is 11.8 Å². The van der Waals surface area contributed by atoms with Crippen LogP contribution in [-0.2, 0) is 0 Å². The minimum Gasteiger partial charge on any atom is -0.338 e. The molecule has 4 nitrogen and oxygen atoms in total. The van der Waals surface area contributed by atoms with E-state index in [0.717, 1.165) is 24.1 Å². The minimum absolute atomic E-state index is 0.937. The summed E-state index contributed by atoms with van der Waals surface area (Å²) in [6.45, 7) is 5.26. The van der Waals surface area contributed by atoms with Crippen molar-refractivity contribution >= 4 is 40.2 Å². The van der Waals surface area contributed by atoms with Crippen molar-refractivity contribution in [2.24, 2.45) is 0 Å². The number of fused-ring (bicyclic) bond motifs is 2. The first-order valence-corrected chi connectivity index (χ1v) is 13.5. The zero-order chi connectivity index (χ0) is 25.3. The highest BCUT2D eigenvalue weighted by Gasteiger charge is 2.27. The molecule has 1 aliphatic heterocycles. The smallest absolute Gasteiger partial charge is 0.283 e. The number of para-hydroxylation sites is 3. The van der Waals surface area contributed by atoms with Crippen molar-refractivity contribution in [3.63, 3.8) is 0 Å². The van der Waals surface area contributed by atoms with Gasteiger partial charge in [-0.2, -0.15) is 4.57 Å². The summed E-state index contributed by atoms with van der Waals surface area (Å²) in [5.41, 5.74) is 4.93. The van der Waals surface area contributed by atoms with Gasteiger partial charge in [0.15, 0.2) is 0 Å². The van der Waals surface area contributed by atoms with E-state index < -0.39 is 0 Å². The summed E-state index contributed by atoms with van der Waals surface area (Å²) in [6.07, 6.45) is 2.36. The molecule has 0 radical (unpaired) electrons. The molecular formula is C31H36N4S+2. The first-order chi connectivity index (χ1) is 17.4. The van der Waals surface area contributed by atoms with Gasteiger partial charge in [-0.05, 0) is 48.9 Å². The number of aromatic nitrogens is 1. The van der Waals surface area contributed by atoms with Crippen LogP contribution < -0.4 is 14.4 Å². The van der Waals surface area contributed by atoms with E-state index in [1.54, 1.807) is 0 Å². The van der Waals surface area contributed by atoms with Gasteiger partial charge in [-0.1, -0.05) is 60.3 Å². The second kappa shape index (κ2) is 10.00. The fourth-order valence-electron chi connectivity index (χ4n) is 4.75. The molecule has 0 aliphatic carbocycles. The molecule has 3 aromatic carbocycles. The summed E-state index contributed by atoms with van der Waals surface area (Å²) in [6, 6.07) is 30.6. The fraction of sp³-hybridized carbons (Fsp3) is 0.258. The first-order valence-electron chi connectivity index (χ1n) is 12.7. The SMILES string of the molecule is CCN(CC[N+](C)(C)C)c1cc(C=C2Sc3ccccc3N2C)c2ccccc2[n+]1-c1ccccc1. The molecule has 0 saturated heterocycles. The van der Waals surface area contributed by atoms with Crippen molar-refractivity contribution in [3.8, 4) is 5.69 Å². The van der Waals surface area contributed by atoms with Crippen LogP contribution in [0.25, 0.3) is 22.7 Å². The number of pyridine rings is 1. The Kier molecular flexibility index (Phi) is 6.78. The van der Waals surface area contributed by atoms with E-state index in [9.17, 15) is 0 Å². The van der Waals surface area contributed by atoms with Gasteiger partial charge in [-0.25, -0.2) is 0 Å². The number of hydrogen-bond acceptors (Lipinski definition) is 3. The number of hydrogen-bond donors (Lipinski definition) is 0. The van der Waals surface area contributed by atoms with Crippen LogP contribution in [-0.4, -0.2) is 52.3 Å². The number of anilines is 2. The Morgan fingerprint density at radius 3 is 2.33 bits per heavy atom. The van der Waals surface area contributed by atoms with E-state index in [2.05, 4.69) is 140 Å². The third-order valence-electron chi connectivity index (χ3n) is 6.78. The molecule has 0 atom stereocenters. The Morgan fingerprint density at radius 2 is 1.61 bits per heavy atom. The summed E-state index contributed by atoms with van der Waals surface area (Å²) < 4.78 is 3.36. The topological polar surface area (TPSA) is 10.4 Å². The second-order valence-corrected chi connectivity index (χ2v) is 11.4. The maximum absolute atomic E-state index is 2.52. The number of likely N-dealkylation sites (N-methyl/N-ethyl adjacent to an activating group) is 2. The molecule has 36 heavy (non-hydrogen) atoms. The van der Waals surface area contributed by atoms with Crippen LogP contribution in [0.1, 0.15) is 12.5 Å². The normalized spacial score (nSPS) is 14.5. The van der Waals surface area contributed by atoms with Crippen LogP contribution in [0.3, 0.4) is 0 Å². The lowest BCUT2D eigenvalue weighted by atomic mass is 10.1. The Balaban J connectivity index is 1.71. The van der Waals surface area contributed by atoms with Crippen LogP contribution in [0.15, 0.2) is 94.9 Å². The van der Waals surface area contributed by atoms with Crippen LogP contribution >= 0.6 is 11.8 Å². The van der Waals surface area contributed by atoms with Crippen LogP contribution in [0.5, 0.6) is 0 Å². The fourth-order valence-corrected chi connectivity index (χ4v) is 5.86. The van der Waals surface area contributed by atoms with Gasteiger partial charge in [0.2, 0.25) is 0 Å². The zero-order valence-corrected chi connectivity index (χ0v) is 22.8. The largest absolute Gasteiger partial charge is 0.338 e. The average molecular weight is 497 g/mol. The molecule has 5 rings (SSSR count). The molecule has 1 aliphatic rings. The van der Waals surface area contributed by atoms with Crippen LogP contribution in [0, 0.1) is 0 Å². The maximum atomic E-state index is 2.52. The Bertz CT molecular complexity index is 1410. The van der Waals surface area contributed by atoms with Crippen molar-refractivity contribution in [1.82, 2.24) is 0 Å². The van der Waals surface area contributed by atoms with Gasteiger partial charge in [0.05, 0.1) is 38.4 Å². The molecule has 5 heteroatoms. The molecule has 1 aromatic heterocycles. The van der Waals surface area contributed by atoms with Crippen molar-refractivity contribution in [2.75, 3.05) is 57.6 Å². The van der Waals surface area contributed by atoms with Gasteiger partial charge in [-0.3, -0.25) is 4.90 Å². The third kappa shape index (κ3) is 4.86. The van der Waals surface area contributed by atoms with E-state index in [4.69, 9.17) is 0 Å². The molecule has 0 amide bonds. The Hall–Kier alpha value is -3.28. The molecular weight excluding hydrogens is 460 g/mol. The van der Waals surface area contributed by atoms with E-state index >= 15 is 0 Å². The number of nitrogens with zero attached hydrogens (tertiary/aromatic N) is 4. The molecule has 0 N–H and O–H groups in total. The molecule has 0 bridgehead atoms. The highest BCUT2D eigenvalue weighted by atomic mass is 32.2. The molecule has 4 aromatic rings. The predicted octanol–water partition coefficient (Wildman–Crippen LogP) is 6.19. The van der Waals surface area contributed by atoms with Crippen LogP contribution in [0.4, 0.5) is 11.5 Å². The molecule has 0 saturated carbocycles. The molecule has 2 heterocycles. The average Bonchev–Trinajstić information content (AvgIpc) is 3.19. The Morgan fingerprint density at radius 1 is 0.917 bits per heavy atom. The van der Waals surface area contributed by atoms with Crippen molar-refractivity contribution < 1.29 is 9.05 Å². The summed E-state index contributed by atoms with van der Waals surface area (Å²) in [7, 11) is 8.96. The van der Waals surface area contributed by atoms with Crippen molar-refractivity contribution in [2.45, 2.75) is 11.8 Å². The van der Waals surface area contributed by atoms with Gasteiger partial charge in [0, 0.05) is 23.4 Å². The molecule has 0 spiro atoms. The van der Waals surface area contributed by atoms with Gasteiger partial charge in [-0.15, -0.1) is 0 Å². The summed E-state index contributed by atoms with van der Waals surface area (Å²) in [5, 5.41) is 2.50. The first kappa shape index (κ1) is 24.4. The standard InChI is InChI=1S/C31H36N4S/c1-6-33(20-21-35(3,4)5)30-22-24(23-31-32(2)28-18-12-13-19-29(28)36-31)26-16-10-11-17-27(26)34(30)25-14-8-7-9-15-25/h7-19,22-23H,6,20-21H2,1-5H3/q+2. The van der Waals surface area contributed by atoms with Crippen molar-refractivity contribution in [1.29, 1.82) is 0 Å². The lowest BCUT2D eigenvalue weighted by Gasteiger charge is -2.27. The second-order valence-electron chi connectivity index (χ2n) is 10.4. The zero-order valence-electron chi connectivity index (χ0n) is 22.0. The molecule has 184 valence electrons. The lowest BCUT2D eigenvalue weighted by molar-refractivity contribution is -0.868. The molecule has 0 unspecified atom stereocenters. The quantitative estimate of drug-likeness (QED) is 0.223. The number of rotatable bonds is 7. The summed E-state index contributed by atoms with van der Waals surface area (Å²) in [5.74, 6) is 1.23. The summed E-state index contributed by atoms with van der Waals surface area (Å²) >= 11 is 1.85. The van der Waals surface area contributed by atoms with Crippen LogP contribution in [0.2, 0.25) is 0 Å². The van der Waals surface area contributed by atoms with Gasteiger partial charge < -0.3 is 9.38 Å². The Labute approximate surface area is 219 Å². The maximum Gasteiger partial charge on any atom is 0.283 e. The predicted molar refractivity (Wildman–Crippen MR) is 155 cm³/mol. The third-order valence-corrected chi connectivity index (χ3v) is 7.95. The van der Waals surface area contributed by atoms with Gasteiger partial charge in [0.1, 0.15) is 24.3 Å². The molecule has 0 fully saturated rings. The van der Waals surface area contributed by atoms with E-state index in [0.29, 0.717) is 0 Å². The highest BCUT2D eigenvalue weighted by Crippen LogP contribution is 2.45.